The van der Waals surface area contributed by atoms with Crippen LogP contribution >= 0.6 is 0 Å². The van der Waals surface area contributed by atoms with Crippen LogP contribution in [-0.2, 0) is 13.7 Å². The molecule has 0 saturated heterocycles. The number of nitro groups is 1. The van der Waals surface area contributed by atoms with Crippen LogP contribution < -0.4 is 4.74 Å². The number of carboxylic acid groups (broad SMARTS) is 1. The van der Waals surface area contributed by atoms with E-state index >= 15 is 0 Å². The smallest absolute Gasteiger partial charge is 0.339 e. The molecule has 0 saturated carbocycles. The van der Waals surface area contributed by atoms with Crippen molar-refractivity contribution in [3.63, 3.8) is 0 Å². The number of ether oxygens (including phenoxy) is 1. The molecule has 8 nitrogen and oxygen atoms in total. The molecular weight excluding hydrogens is 278 g/mol. The van der Waals surface area contributed by atoms with Crippen LogP contribution in [0.5, 0.6) is 5.75 Å². The lowest BCUT2D eigenvalue weighted by Gasteiger charge is -2.10. The van der Waals surface area contributed by atoms with Gasteiger partial charge in [0.1, 0.15) is 17.9 Å². The number of aromatic nitrogens is 2. The second kappa shape index (κ2) is 5.61. The lowest BCUT2D eigenvalue weighted by Crippen LogP contribution is -2.09. The molecule has 1 N–H and O–H groups in total. The lowest BCUT2D eigenvalue weighted by atomic mass is 10.2. The zero-order valence-corrected chi connectivity index (χ0v) is 11.4. The molecule has 0 atom stereocenters. The van der Waals surface area contributed by atoms with Gasteiger partial charge in [0.2, 0.25) is 0 Å². The summed E-state index contributed by atoms with van der Waals surface area (Å²) in [5.74, 6) is -0.765. The molecule has 0 aliphatic heterocycles. The van der Waals surface area contributed by atoms with Crippen molar-refractivity contribution in [3.05, 3.63) is 51.3 Å². The Balaban J connectivity index is 2.25. The van der Waals surface area contributed by atoms with Crippen LogP contribution in [0.2, 0.25) is 0 Å². The minimum atomic E-state index is -1.10. The summed E-state index contributed by atoms with van der Waals surface area (Å²) in [7, 11) is 1.60. The van der Waals surface area contributed by atoms with Crippen molar-refractivity contribution in [3.8, 4) is 5.75 Å². The summed E-state index contributed by atoms with van der Waals surface area (Å²) in [5, 5.41) is 23.8. The van der Waals surface area contributed by atoms with Gasteiger partial charge in [0, 0.05) is 13.1 Å². The Hall–Kier alpha value is -2.90. The summed E-state index contributed by atoms with van der Waals surface area (Å²) in [5.41, 5.74) is 0.770. The van der Waals surface area contributed by atoms with Gasteiger partial charge in [-0.2, -0.15) is 5.10 Å². The third-order valence-electron chi connectivity index (χ3n) is 3.11. The Morgan fingerprint density at radius 1 is 1.52 bits per heavy atom. The molecule has 0 radical (unpaired) electrons. The average Bonchev–Trinajstić information content (AvgIpc) is 2.78. The quantitative estimate of drug-likeness (QED) is 0.666. The number of carbonyl (C=O) groups is 1. The minimum Gasteiger partial charge on any atom is -0.487 e. The molecule has 0 aliphatic carbocycles. The summed E-state index contributed by atoms with van der Waals surface area (Å²) in [6, 6.07) is 4.50. The first-order valence-electron chi connectivity index (χ1n) is 6.02. The van der Waals surface area contributed by atoms with Gasteiger partial charge < -0.3 is 9.84 Å². The monoisotopic (exact) mass is 291 g/mol. The van der Waals surface area contributed by atoms with Gasteiger partial charge in [-0.3, -0.25) is 14.8 Å². The molecule has 0 bridgehead atoms. The average molecular weight is 291 g/mol. The Morgan fingerprint density at radius 2 is 2.24 bits per heavy atom. The number of aromatic carboxylic acids is 1. The Morgan fingerprint density at radius 3 is 2.86 bits per heavy atom. The molecule has 0 fully saturated rings. The summed E-state index contributed by atoms with van der Waals surface area (Å²) >= 11 is 0. The van der Waals surface area contributed by atoms with Crippen LogP contribution in [0.4, 0.5) is 5.69 Å². The van der Waals surface area contributed by atoms with Crippen LogP contribution in [0.1, 0.15) is 21.6 Å². The number of benzene rings is 1. The normalized spacial score (nSPS) is 10.4. The highest BCUT2D eigenvalue weighted by molar-refractivity contribution is 5.88. The number of aryl methyl sites for hydroxylation is 1. The fourth-order valence-corrected chi connectivity index (χ4v) is 1.92. The van der Waals surface area contributed by atoms with E-state index in [1.807, 2.05) is 0 Å². The molecule has 21 heavy (non-hydrogen) atoms. The number of hydrogen-bond donors (Lipinski definition) is 1. The van der Waals surface area contributed by atoms with Gasteiger partial charge in [-0.1, -0.05) is 6.07 Å². The highest BCUT2D eigenvalue weighted by atomic mass is 16.6. The molecule has 2 rings (SSSR count). The Labute approximate surface area is 119 Å². The van der Waals surface area contributed by atoms with Gasteiger partial charge in [0.15, 0.2) is 0 Å². The van der Waals surface area contributed by atoms with Gasteiger partial charge in [-0.05, 0) is 13.0 Å². The molecular formula is C13H13N3O5. The highest BCUT2D eigenvalue weighted by Gasteiger charge is 2.18. The fourth-order valence-electron chi connectivity index (χ4n) is 1.92. The van der Waals surface area contributed by atoms with Gasteiger partial charge in [0.25, 0.3) is 5.69 Å². The molecule has 110 valence electrons. The van der Waals surface area contributed by atoms with Gasteiger partial charge in [-0.25, -0.2) is 4.79 Å². The lowest BCUT2D eigenvalue weighted by molar-refractivity contribution is -0.385. The maximum Gasteiger partial charge on any atom is 0.339 e. The summed E-state index contributed by atoms with van der Waals surface area (Å²) in [6.45, 7) is 1.54. The van der Waals surface area contributed by atoms with E-state index in [-0.39, 0.29) is 17.9 Å². The summed E-state index contributed by atoms with van der Waals surface area (Å²) < 4.78 is 6.91. The third kappa shape index (κ3) is 2.83. The predicted molar refractivity (Wildman–Crippen MR) is 72.3 cm³/mol. The van der Waals surface area contributed by atoms with E-state index < -0.39 is 10.9 Å². The Bertz CT molecular complexity index is 708. The standard InChI is InChI=1S/C13H13N3O5/c1-8-10(16(19)20)4-3-5-12(8)21-7-11-9(13(17)18)6-14-15(11)2/h3-6H,7H2,1-2H3,(H,17,18). The van der Waals surface area contributed by atoms with E-state index in [1.165, 1.54) is 23.0 Å². The fraction of sp³-hybridized carbons (Fsp3) is 0.231. The first kappa shape index (κ1) is 14.5. The van der Waals surface area contributed by atoms with E-state index in [9.17, 15) is 14.9 Å². The highest BCUT2D eigenvalue weighted by Crippen LogP contribution is 2.27. The number of nitro benzene ring substituents is 1. The molecule has 0 aliphatic rings. The summed E-state index contributed by atoms with van der Waals surface area (Å²) in [4.78, 5) is 21.4. The molecule has 0 unspecified atom stereocenters. The number of nitrogens with zero attached hydrogens (tertiary/aromatic N) is 3. The van der Waals surface area contributed by atoms with Crippen LogP contribution in [0, 0.1) is 17.0 Å². The largest absolute Gasteiger partial charge is 0.487 e. The van der Waals surface area contributed by atoms with Crippen molar-refractivity contribution >= 4 is 11.7 Å². The maximum absolute atomic E-state index is 11.1. The second-order valence-corrected chi connectivity index (χ2v) is 4.38. The molecule has 0 amide bonds. The molecule has 1 heterocycles. The van der Waals surface area contributed by atoms with Crippen molar-refractivity contribution < 1.29 is 19.6 Å². The van der Waals surface area contributed by atoms with Crippen molar-refractivity contribution in [1.29, 1.82) is 0 Å². The molecule has 1 aromatic heterocycles. The molecule has 8 heteroatoms. The minimum absolute atomic E-state index is 0.0415. The van der Waals surface area contributed by atoms with Crippen LogP contribution in [0.25, 0.3) is 0 Å². The van der Waals surface area contributed by atoms with Crippen molar-refractivity contribution in [1.82, 2.24) is 9.78 Å². The Kier molecular flexibility index (Phi) is 3.88. The number of rotatable bonds is 5. The third-order valence-corrected chi connectivity index (χ3v) is 3.11. The van der Waals surface area contributed by atoms with Gasteiger partial charge >= 0.3 is 5.97 Å². The zero-order valence-electron chi connectivity index (χ0n) is 11.4. The van der Waals surface area contributed by atoms with E-state index in [0.29, 0.717) is 17.0 Å². The van der Waals surface area contributed by atoms with Crippen molar-refractivity contribution in [2.75, 3.05) is 0 Å². The summed E-state index contributed by atoms with van der Waals surface area (Å²) in [6.07, 6.45) is 1.24. The van der Waals surface area contributed by atoms with Crippen molar-refractivity contribution in [2.24, 2.45) is 7.05 Å². The molecule has 2 aromatic rings. The van der Waals surface area contributed by atoms with E-state index in [0.717, 1.165) is 0 Å². The van der Waals surface area contributed by atoms with Crippen LogP contribution in [0.3, 0.4) is 0 Å². The topological polar surface area (TPSA) is 107 Å². The van der Waals surface area contributed by atoms with Gasteiger partial charge in [0.05, 0.1) is 22.4 Å². The number of hydrogen-bond acceptors (Lipinski definition) is 5. The van der Waals surface area contributed by atoms with E-state index in [1.54, 1.807) is 20.0 Å². The predicted octanol–water partition coefficient (Wildman–Crippen LogP) is 1.91. The number of carboxylic acids is 1. The van der Waals surface area contributed by atoms with Crippen LogP contribution in [-0.4, -0.2) is 25.8 Å². The zero-order chi connectivity index (χ0) is 15.6. The second-order valence-electron chi connectivity index (χ2n) is 4.38. The first-order valence-corrected chi connectivity index (χ1v) is 6.02. The van der Waals surface area contributed by atoms with E-state index in [2.05, 4.69) is 5.10 Å². The van der Waals surface area contributed by atoms with Gasteiger partial charge in [-0.15, -0.1) is 0 Å². The molecule has 1 aromatic carbocycles. The SMILES string of the molecule is Cc1c(OCc2c(C(=O)O)cnn2C)cccc1[N+](=O)[O-]. The van der Waals surface area contributed by atoms with Crippen LogP contribution in [0.15, 0.2) is 24.4 Å². The maximum atomic E-state index is 11.1. The molecule has 0 spiro atoms. The van der Waals surface area contributed by atoms with E-state index in [4.69, 9.17) is 9.84 Å². The first-order chi connectivity index (χ1) is 9.91. The van der Waals surface area contributed by atoms with Crippen molar-refractivity contribution in [2.45, 2.75) is 13.5 Å².